The summed E-state index contributed by atoms with van der Waals surface area (Å²) in [5.74, 6) is 0. The van der Waals surface area contributed by atoms with Gasteiger partial charge >= 0.3 is 0 Å². The Kier molecular flexibility index (Phi) is 8.20. The van der Waals surface area contributed by atoms with E-state index in [0.717, 1.165) is 0 Å². The van der Waals surface area contributed by atoms with Crippen molar-refractivity contribution in [2.45, 2.75) is 46.1 Å². The van der Waals surface area contributed by atoms with Crippen LogP contribution in [-0.2, 0) is 0 Å². The molecule has 0 spiro atoms. The van der Waals surface area contributed by atoms with Gasteiger partial charge in [0.25, 0.3) is 0 Å². The van der Waals surface area contributed by atoms with Gasteiger partial charge in [0.1, 0.15) is 0 Å². The number of hydrogen-bond donors (Lipinski definition) is 0. The molecule has 0 aromatic heterocycles. The van der Waals surface area contributed by atoms with Gasteiger partial charge in [-0.15, -0.1) is 0 Å². The van der Waals surface area contributed by atoms with Crippen molar-refractivity contribution >= 4 is 0 Å². The summed E-state index contributed by atoms with van der Waals surface area (Å²) in [5, 5.41) is 0. The van der Waals surface area contributed by atoms with E-state index in [9.17, 15) is 0 Å². The normalized spacial score (nSPS) is 12.0. The second kappa shape index (κ2) is 8.25. The maximum Gasteiger partial charge on any atom is 0.0112 e. The van der Waals surface area contributed by atoms with Crippen LogP contribution in [-0.4, -0.2) is 49.6 Å². The average molecular weight is 200 g/mol. The van der Waals surface area contributed by atoms with Crippen LogP contribution in [0.2, 0.25) is 0 Å². The molecule has 14 heavy (non-hydrogen) atoms. The van der Waals surface area contributed by atoms with E-state index < -0.39 is 0 Å². The predicted molar refractivity (Wildman–Crippen MR) is 64.8 cm³/mol. The van der Waals surface area contributed by atoms with Crippen LogP contribution in [0.3, 0.4) is 0 Å². The Morgan fingerprint density at radius 1 is 0.929 bits per heavy atom. The quantitative estimate of drug-likeness (QED) is 0.555. The highest BCUT2D eigenvalue weighted by atomic mass is 15.2. The Bertz CT molecular complexity index is 121. The zero-order chi connectivity index (χ0) is 11.0. The maximum absolute atomic E-state index is 2.58. The molecular formula is C12H28N2. The molecule has 0 aromatic rings. The molecular weight excluding hydrogens is 172 g/mol. The molecule has 0 bridgehead atoms. The molecule has 0 fully saturated rings. The topological polar surface area (TPSA) is 6.48 Å². The summed E-state index contributed by atoms with van der Waals surface area (Å²) in [6.07, 6.45) is 4.03. The minimum Gasteiger partial charge on any atom is -0.308 e. The fraction of sp³-hybridized carbons (Fsp3) is 1.00. The van der Waals surface area contributed by atoms with E-state index in [1.165, 1.54) is 38.9 Å². The van der Waals surface area contributed by atoms with E-state index in [2.05, 4.69) is 44.7 Å². The van der Waals surface area contributed by atoms with Gasteiger partial charge in [0.15, 0.2) is 0 Å². The minimum atomic E-state index is 0.687. The minimum absolute atomic E-state index is 0.687. The van der Waals surface area contributed by atoms with Gasteiger partial charge in [0.2, 0.25) is 0 Å². The molecule has 0 radical (unpaired) electrons. The lowest BCUT2D eigenvalue weighted by Crippen LogP contribution is -2.37. The highest BCUT2D eigenvalue weighted by Crippen LogP contribution is 2.03. The van der Waals surface area contributed by atoms with E-state index in [1.807, 2.05) is 0 Å². The number of nitrogens with zero attached hydrogens (tertiary/aromatic N) is 2. The molecule has 0 aliphatic heterocycles. The standard InChI is InChI=1S/C12H28N2/c1-6-7-8-9-14(12(2)3)11-10-13(4)5/h12H,6-11H2,1-5H3. The van der Waals surface area contributed by atoms with E-state index in [4.69, 9.17) is 0 Å². The van der Waals surface area contributed by atoms with Crippen molar-refractivity contribution in [1.29, 1.82) is 0 Å². The predicted octanol–water partition coefficient (Wildman–Crippen LogP) is 2.45. The number of hydrogen-bond acceptors (Lipinski definition) is 2. The summed E-state index contributed by atoms with van der Waals surface area (Å²) in [5.41, 5.74) is 0. The first-order valence-corrected chi connectivity index (χ1v) is 5.96. The van der Waals surface area contributed by atoms with E-state index in [0.29, 0.717) is 6.04 Å². The van der Waals surface area contributed by atoms with Gasteiger partial charge in [-0.25, -0.2) is 0 Å². The van der Waals surface area contributed by atoms with Crippen molar-refractivity contribution in [2.24, 2.45) is 0 Å². The zero-order valence-electron chi connectivity index (χ0n) is 10.7. The highest BCUT2D eigenvalue weighted by Gasteiger charge is 2.08. The molecule has 0 rings (SSSR count). The monoisotopic (exact) mass is 200 g/mol. The largest absolute Gasteiger partial charge is 0.308 e. The van der Waals surface area contributed by atoms with Gasteiger partial charge < -0.3 is 4.90 Å². The molecule has 0 unspecified atom stereocenters. The van der Waals surface area contributed by atoms with Crippen LogP contribution in [0.25, 0.3) is 0 Å². The second-order valence-electron chi connectivity index (χ2n) is 4.64. The van der Waals surface area contributed by atoms with Crippen LogP contribution in [0.4, 0.5) is 0 Å². The Balaban J connectivity index is 3.66. The van der Waals surface area contributed by atoms with Crippen LogP contribution in [0.5, 0.6) is 0 Å². The molecule has 0 N–H and O–H groups in total. The first-order valence-electron chi connectivity index (χ1n) is 5.96. The van der Waals surface area contributed by atoms with Crippen molar-refractivity contribution in [2.75, 3.05) is 33.7 Å². The summed E-state index contributed by atoms with van der Waals surface area (Å²) in [4.78, 5) is 4.84. The Morgan fingerprint density at radius 2 is 1.57 bits per heavy atom. The highest BCUT2D eigenvalue weighted by molar-refractivity contribution is 4.64. The number of unbranched alkanes of at least 4 members (excludes halogenated alkanes) is 2. The van der Waals surface area contributed by atoms with Crippen molar-refractivity contribution in [3.63, 3.8) is 0 Å². The van der Waals surface area contributed by atoms with Gasteiger partial charge in [0, 0.05) is 19.1 Å². The van der Waals surface area contributed by atoms with E-state index >= 15 is 0 Å². The summed E-state index contributed by atoms with van der Waals surface area (Å²) in [6.45, 7) is 10.5. The van der Waals surface area contributed by atoms with Crippen LogP contribution in [0, 0.1) is 0 Å². The summed E-state index contributed by atoms with van der Waals surface area (Å²) < 4.78 is 0. The molecule has 0 aliphatic rings. The molecule has 0 atom stereocenters. The SMILES string of the molecule is CCCCCN(CCN(C)C)C(C)C. The van der Waals surface area contributed by atoms with Gasteiger partial charge in [-0.1, -0.05) is 19.8 Å². The molecule has 0 saturated carbocycles. The van der Waals surface area contributed by atoms with Crippen molar-refractivity contribution in [3.05, 3.63) is 0 Å². The third-order valence-corrected chi connectivity index (χ3v) is 2.61. The fourth-order valence-corrected chi connectivity index (χ4v) is 1.52. The number of likely N-dealkylation sites (N-methyl/N-ethyl adjacent to an activating group) is 1. The van der Waals surface area contributed by atoms with Crippen molar-refractivity contribution < 1.29 is 0 Å². The third-order valence-electron chi connectivity index (χ3n) is 2.61. The van der Waals surface area contributed by atoms with Crippen LogP contribution >= 0.6 is 0 Å². The maximum atomic E-state index is 2.58. The van der Waals surface area contributed by atoms with Crippen molar-refractivity contribution in [1.82, 2.24) is 9.80 Å². The first kappa shape index (κ1) is 13.9. The summed E-state index contributed by atoms with van der Waals surface area (Å²) in [6, 6.07) is 0.687. The van der Waals surface area contributed by atoms with Gasteiger partial charge in [0.05, 0.1) is 0 Å². The molecule has 2 heteroatoms. The van der Waals surface area contributed by atoms with Gasteiger partial charge in [-0.2, -0.15) is 0 Å². The molecule has 0 amide bonds. The van der Waals surface area contributed by atoms with Gasteiger partial charge in [-0.3, -0.25) is 4.90 Å². The summed E-state index contributed by atoms with van der Waals surface area (Å²) >= 11 is 0. The molecule has 2 nitrogen and oxygen atoms in total. The lowest BCUT2D eigenvalue weighted by Gasteiger charge is -2.27. The molecule has 0 heterocycles. The Labute approximate surface area is 90.3 Å². The van der Waals surface area contributed by atoms with E-state index in [1.54, 1.807) is 0 Å². The van der Waals surface area contributed by atoms with Crippen molar-refractivity contribution in [3.8, 4) is 0 Å². The molecule has 86 valence electrons. The second-order valence-corrected chi connectivity index (χ2v) is 4.64. The Hall–Kier alpha value is -0.0800. The zero-order valence-corrected chi connectivity index (χ0v) is 10.7. The molecule has 0 aromatic carbocycles. The molecule has 0 saturated heterocycles. The first-order chi connectivity index (χ1) is 6.57. The Morgan fingerprint density at radius 3 is 2.00 bits per heavy atom. The van der Waals surface area contributed by atoms with E-state index in [-0.39, 0.29) is 0 Å². The van der Waals surface area contributed by atoms with Crippen LogP contribution < -0.4 is 0 Å². The molecule has 0 aliphatic carbocycles. The number of rotatable bonds is 8. The van der Waals surface area contributed by atoms with Crippen LogP contribution in [0.15, 0.2) is 0 Å². The smallest absolute Gasteiger partial charge is 0.0112 e. The fourth-order valence-electron chi connectivity index (χ4n) is 1.52. The lowest BCUT2D eigenvalue weighted by molar-refractivity contribution is 0.196. The lowest BCUT2D eigenvalue weighted by atomic mass is 10.2. The van der Waals surface area contributed by atoms with Crippen LogP contribution in [0.1, 0.15) is 40.0 Å². The summed E-state index contributed by atoms with van der Waals surface area (Å²) in [7, 11) is 4.29. The van der Waals surface area contributed by atoms with Gasteiger partial charge in [-0.05, 0) is 40.9 Å². The third kappa shape index (κ3) is 7.34. The average Bonchev–Trinajstić information content (AvgIpc) is 2.10.